The second-order valence-corrected chi connectivity index (χ2v) is 6.55. The number of aliphatic carboxylic acids is 1. The minimum absolute atomic E-state index is 0.0121. The Bertz CT molecular complexity index is 1160. The van der Waals surface area contributed by atoms with Crippen LogP contribution in [0.5, 0.6) is 0 Å². The average Bonchev–Trinajstić information content (AvgIpc) is 2.95. The van der Waals surface area contributed by atoms with E-state index < -0.39 is 41.8 Å². The van der Waals surface area contributed by atoms with E-state index in [0.29, 0.717) is 17.4 Å². The number of benzene rings is 2. The van der Waals surface area contributed by atoms with Crippen molar-refractivity contribution in [3.8, 4) is 0 Å². The van der Waals surface area contributed by atoms with Crippen LogP contribution >= 0.6 is 11.3 Å². The zero-order chi connectivity index (χ0) is 20.6. The van der Waals surface area contributed by atoms with Gasteiger partial charge in [-0.05, 0) is 30.3 Å². The minimum atomic E-state index is -4.67. The number of carbonyl (C=O) groups is 2. The predicted molar refractivity (Wildman–Crippen MR) is 88.7 cm³/mol. The Hall–Kier alpha value is -3.08. The Labute approximate surface area is 157 Å². The molecule has 28 heavy (non-hydrogen) atoms. The maximum atomic E-state index is 14.0. The summed E-state index contributed by atoms with van der Waals surface area (Å²) in [4.78, 5) is 26.7. The van der Waals surface area contributed by atoms with Gasteiger partial charge < -0.3 is 9.67 Å². The van der Waals surface area contributed by atoms with Gasteiger partial charge in [-0.15, -0.1) is 0 Å². The number of rotatable bonds is 3. The maximum Gasteiger partial charge on any atom is 0.416 e. The van der Waals surface area contributed by atoms with Crippen molar-refractivity contribution >= 4 is 33.4 Å². The molecule has 3 aromatic rings. The molecule has 11 heteroatoms. The summed E-state index contributed by atoms with van der Waals surface area (Å²) >= 11 is 0.514. The van der Waals surface area contributed by atoms with Crippen molar-refractivity contribution in [1.82, 2.24) is 4.57 Å². The lowest BCUT2D eigenvalue weighted by atomic mass is 10.1. The molecule has 5 nitrogen and oxygen atoms in total. The van der Waals surface area contributed by atoms with Crippen LogP contribution in [0.15, 0.2) is 41.4 Å². The Morgan fingerprint density at radius 2 is 1.86 bits per heavy atom. The molecule has 0 unspecified atom stereocenters. The summed E-state index contributed by atoms with van der Waals surface area (Å²) in [6.07, 6.45) is -4.67. The van der Waals surface area contributed by atoms with Gasteiger partial charge in [-0.3, -0.25) is 9.59 Å². The van der Waals surface area contributed by atoms with E-state index in [2.05, 4.69) is 4.99 Å². The standard InChI is InChI=1S/C17H9F5N2O3S/c18-10-4-5-11-14(13(10)19)28-16(24(11)7-12(25)26)23-15(27)8-2-1-3-9(6-8)17(20,21)22/h1-6H,7H2,(H,25,26)/b23-16-. The SMILES string of the molecule is O=C(O)Cn1/c(=N/C(=O)c2cccc(C(F)(F)F)c2)sc2c(F)c(F)ccc21. The van der Waals surface area contributed by atoms with Crippen molar-refractivity contribution in [3.05, 3.63) is 64.0 Å². The smallest absolute Gasteiger partial charge is 0.416 e. The monoisotopic (exact) mass is 416 g/mol. The molecule has 0 aliphatic carbocycles. The van der Waals surface area contributed by atoms with E-state index in [-0.39, 0.29) is 20.6 Å². The normalized spacial score (nSPS) is 12.5. The van der Waals surface area contributed by atoms with Crippen LogP contribution in [0.3, 0.4) is 0 Å². The molecule has 1 aromatic heterocycles. The van der Waals surface area contributed by atoms with Crippen LogP contribution in [-0.2, 0) is 17.5 Å². The number of hydrogen-bond donors (Lipinski definition) is 1. The lowest BCUT2D eigenvalue weighted by Gasteiger charge is -2.06. The first-order chi connectivity index (χ1) is 13.1. The van der Waals surface area contributed by atoms with Gasteiger partial charge in [-0.25, -0.2) is 8.78 Å². The number of thiazole rings is 1. The number of amides is 1. The molecule has 0 spiro atoms. The number of hydrogen-bond acceptors (Lipinski definition) is 3. The summed E-state index contributed by atoms with van der Waals surface area (Å²) in [6, 6.07) is 5.43. The topological polar surface area (TPSA) is 71.7 Å². The number of aromatic nitrogens is 1. The average molecular weight is 416 g/mol. The predicted octanol–water partition coefficient (Wildman–Crippen LogP) is 3.83. The maximum absolute atomic E-state index is 14.0. The van der Waals surface area contributed by atoms with Crippen molar-refractivity contribution < 1.29 is 36.6 Å². The summed E-state index contributed by atoms with van der Waals surface area (Å²) in [6.45, 7) is -0.709. The van der Waals surface area contributed by atoms with Crippen molar-refractivity contribution in [2.45, 2.75) is 12.7 Å². The summed E-state index contributed by atoms with van der Waals surface area (Å²) in [5, 5.41) is 9.03. The van der Waals surface area contributed by atoms with Crippen LogP contribution < -0.4 is 4.80 Å². The second-order valence-electron chi connectivity index (χ2n) is 5.57. The quantitative estimate of drug-likeness (QED) is 0.660. The first kappa shape index (κ1) is 19.7. The first-order valence-electron chi connectivity index (χ1n) is 7.53. The Morgan fingerprint density at radius 1 is 1.14 bits per heavy atom. The Kier molecular flexibility index (Phi) is 5.02. The largest absolute Gasteiger partial charge is 0.480 e. The summed E-state index contributed by atoms with van der Waals surface area (Å²) < 4.78 is 66.5. The lowest BCUT2D eigenvalue weighted by Crippen LogP contribution is -2.21. The Balaban J connectivity index is 2.17. The highest BCUT2D eigenvalue weighted by Gasteiger charge is 2.31. The molecule has 0 aliphatic rings. The van der Waals surface area contributed by atoms with Gasteiger partial charge in [0.1, 0.15) is 6.54 Å². The molecule has 0 bridgehead atoms. The molecular formula is C17H9F5N2O3S. The van der Waals surface area contributed by atoms with Gasteiger partial charge in [0.15, 0.2) is 16.4 Å². The third-order valence-electron chi connectivity index (χ3n) is 3.67. The van der Waals surface area contributed by atoms with E-state index in [1.54, 1.807) is 0 Å². The van der Waals surface area contributed by atoms with Gasteiger partial charge in [-0.2, -0.15) is 18.2 Å². The number of halogens is 5. The fourth-order valence-corrected chi connectivity index (χ4v) is 3.49. The molecule has 0 radical (unpaired) electrons. The number of carbonyl (C=O) groups excluding carboxylic acids is 1. The molecule has 1 heterocycles. The number of fused-ring (bicyclic) bond motifs is 1. The van der Waals surface area contributed by atoms with E-state index in [1.807, 2.05) is 0 Å². The van der Waals surface area contributed by atoms with Crippen LogP contribution in [0, 0.1) is 11.6 Å². The highest BCUT2D eigenvalue weighted by molar-refractivity contribution is 7.16. The Morgan fingerprint density at radius 3 is 2.50 bits per heavy atom. The molecule has 0 fully saturated rings. The lowest BCUT2D eigenvalue weighted by molar-refractivity contribution is -0.138. The summed E-state index contributed by atoms with van der Waals surface area (Å²) in [5.41, 5.74) is -1.46. The third kappa shape index (κ3) is 3.79. The van der Waals surface area contributed by atoms with Crippen LogP contribution in [0.2, 0.25) is 0 Å². The zero-order valence-electron chi connectivity index (χ0n) is 13.6. The molecule has 0 saturated carbocycles. The van der Waals surface area contributed by atoms with E-state index in [1.165, 1.54) is 0 Å². The number of alkyl halides is 3. The van der Waals surface area contributed by atoms with E-state index >= 15 is 0 Å². The molecule has 0 atom stereocenters. The van der Waals surface area contributed by atoms with Gasteiger partial charge >= 0.3 is 12.1 Å². The molecule has 1 N–H and O–H groups in total. The highest BCUT2D eigenvalue weighted by Crippen LogP contribution is 2.29. The van der Waals surface area contributed by atoms with Crippen LogP contribution in [0.25, 0.3) is 10.2 Å². The minimum Gasteiger partial charge on any atom is -0.480 e. The fourth-order valence-electron chi connectivity index (χ4n) is 2.43. The van der Waals surface area contributed by atoms with E-state index in [0.717, 1.165) is 34.9 Å². The molecule has 0 saturated heterocycles. The van der Waals surface area contributed by atoms with Gasteiger partial charge in [0.05, 0.1) is 15.8 Å². The third-order valence-corrected chi connectivity index (χ3v) is 4.76. The molecule has 0 aliphatic heterocycles. The van der Waals surface area contributed by atoms with Gasteiger partial charge in [0.2, 0.25) is 0 Å². The first-order valence-corrected chi connectivity index (χ1v) is 8.35. The molecule has 1 amide bonds. The highest BCUT2D eigenvalue weighted by atomic mass is 32.1. The number of carboxylic acids is 1. The second kappa shape index (κ2) is 7.15. The van der Waals surface area contributed by atoms with E-state index in [4.69, 9.17) is 5.11 Å². The van der Waals surface area contributed by atoms with E-state index in [9.17, 15) is 31.5 Å². The van der Waals surface area contributed by atoms with Crippen molar-refractivity contribution in [2.75, 3.05) is 0 Å². The molecule has 146 valence electrons. The number of nitrogens with zero attached hydrogens (tertiary/aromatic N) is 2. The zero-order valence-corrected chi connectivity index (χ0v) is 14.4. The fraction of sp³-hybridized carbons (Fsp3) is 0.118. The van der Waals surface area contributed by atoms with Gasteiger partial charge in [-0.1, -0.05) is 17.4 Å². The van der Waals surface area contributed by atoms with Crippen LogP contribution in [0.4, 0.5) is 22.0 Å². The summed E-state index contributed by atoms with van der Waals surface area (Å²) in [5.74, 6) is -4.84. The molecule has 2 aromatic carbocycles. The molecular weight excluding hydrogens is 407 g/mol. The molecule has 3 rings (SSSR count). The van der Waals surface area contributed by atoms with Crippen LogP contribution in [0.1, 0.15) is 15.9 Å². The summed E-state index contributed by atoms with van der Waals surface area (Å²) in [7, 11) is 0. The van der Waals surface area contributed by atoms with Gasteiger partial charge in [0, 0.05) is 5.56 Å². The van der Waals surface area contributed by atoms with Gasteiger partial charge in [0.25, 0.3) is 5.91 Å². The van der Waals surface area contributed by atoms with Crippen molar-refractivity contribution in [3.63, 3.8) is 0 Å². The van der Waals surface area contributed by atoms with Crippen LogP contribution in [-0.4, -0.2) is 21.6 Å². The number of carboxylic acid groups (broad SMARTS) is 1. The van der Waals surface area contributed by atoms with Crippen molar-refractivity contribution in [2.24, 2.45) is 4.99 Å². The van der Waals surface area contributed by atoms with Crippen molar-refractivity contribution in [1.29, 1.82) is 0 Å².